The van der Waals surface area contributed by atoms with E-state index in [4.69, 9.17) is 10.5 Å². The minimum atomic E-state index is -0.169. The predicted octanol–water partition coefficient (Wildman–Crippen LogP) is 1.32. The maximum Gasteiger partial charge on any atom is 0.271 e. The van der Waals surface area contributed by atoms with Gasteiger partial charge in [-0.1, -0.05) is 6.92 Å². The summed E-state index contributed by atoms with van der Waals surface area (Å²) in [6, 6.07) is -0.115. The number of hydrogen-bond acceptors (Lipinski definition) is 5. The average Bonchev–Trinajstić information content (AvgIpc) is 2.77. The summed E-state index contributed by atoms with van der Waals surface area (Å²) in [6.07, 6.45) is 0.823. The quantitative estimate of drug-likeness (QED) is 0.805. The predicted molar refractivity (Wildman–Crippen MR) is 68.1 cm³/mol. The number of rotatable bonds is 6. The fourth-order valence-electron chi connectivity index (χ4n) is 1.32. The molecule has 0 aliphatic carbocycles. The molecule has 96 valence electrons. The molecule has 1 aromatic rings. The molecule has 0 spiro atoms. The number of carbonyl (C=O) groups excluding carboxylic acids is 1. The SMILES string of the molecule is CCC(COC)NC(=O)c1csc(C(C)N)n1. The highest BCUT2D eigenvalue weighted by molar-refractivity contribution is 7.09. The van der Waals surface area contributed by atoms with Crippen LogP contribution >= 0.6 is 11.3 Å². The molecule has 2 atom stereocenters. The van der Waals surface area contributed by atoms with Crippen LogP contribution < -0.4 is 11.1 Å². The van der Waals surface area contributed by atoms with Gasteiger partial charge in [0.05, 0.1) is 18.7 Å². The lowest BCUT2D eigenvalue weighted by atomic mass is 10.2. The highest BCUT2D eigenvalue weighted by Crippen LogP contribution is 2.15. The molecule has 0 aliphatic heterocycles. The summed E-state index contributed by atoms with van der Waals surface area (Å²) < 4.78 is 5.02. The fourth-order valence-corrected chi connectivity index (χ4v) is 2.08. The van der Waals surface area contributed by atoms with Gasteiger partial charge in [-0.2, -0.15) is 0 Å². The van der Waals surface area contributed by atoms with Gasteiger partial charge in [0.25, 0.3) is 5.91 Å². The van der Waals surface area contributed by atoms with Crippen LogP contribution in [0.4, 0.5) is 0 Å². The van der Waals surface area contributed by atoms with Crippen molar-refractivity contribution < 1.29 is 9.53 Å². The highest BCUT2D eigenvalue weighted by Gasteiger charge is 2.15. The van der Waals surface area contributed by atoms with E-state index in [1.54, 1.807) is 12.5 Å². The first-order valence-corrected chi connectivity index (χ1v) is 6.47. The van der Waals surface area contributed by atoms with Crippen molar-refractivity contribution in [1.29, 1.82) is 0 Å². The molecule has 2 unspecified atom stereocenters. The molecule has 0 saturated carbocycles. The molecule has 0 bridgehead atoms. The number of thiazole rings is 1. The molecule has 1 aromatic heterocycles. The first-order valence-electron chi connectivity index (χ1n) is 5.59. The number of hydrogen-bond donors (Lipinski definition) is 2. The number of nitrogens with zero attached hydrogens (tertiary/aromatic N) is 1. The summed E-state index contributed by atoms with van der Waals surface area (Å²) in [5, 5.41) is 5.38. The second-order valence-corrected chi connectivity index (χ2v) is 4.78. The molecule has 0 saturated heterocycles. The largest absolute Gasteiger partial charge is 0.383 e. The normalized spacial score (nSPS) is 14.4. The summed E-state index contributed by atoms with van der Waals surface area (Å²) in [7, 11) is 1.62. The molecule has 0 fully saturated rings. The van der Waals surface area contributed by atoms with Gasteiger partial charge in [0.15, 0.2) is 0 Å². The number of ether oxygens (including phenoxy) is 1. The van der Waals surface area contributed by atoms with Gasteiger partial charge in [0.1, 0.15) is 10.7 Å². The number of amides is 1. The van der Waals surface area contributed by atoms with E-state index < -0.39 is 0 Å². The third-order valence-corrected chi connectivity index (χ3v) is 3.39. The van der Waals surface area contributed by atoms with Gasteiger partial charge in [-0.05, 0) is 13.3 Å². The Morgan fingerprint density at radius 2 is 2.41 bits per heavy atom. The van der Waals surface area contributed by atoms with E-state index in [1.165, 1.54) is 11.3 Å². The zero-order valence-corrected chi connectivity index (χ0v) is 11.2. The summed E-state index contributed by atoms with van der Waals surface area (Å²) in [5.41, 5.74) is 6.13. The van der Waals surface area contributed by atoms with Crippen molar-refractivity contribution in [2.24, 2.45) is 5.73 Å². The van der Waals surface area contributed by atoms with E-state index in [2.05, 4.69) is 10.3 Å². The molecule has 17 heavy (non-hydrogen) atoms. The Bertz CT molecular complexity index is 365. The minimum absolute atomic E-state index is 0.0212. The third-order valence-electron chi connectivity index (χ3n) is 2.34. The van der Waals surface area contributed by atoms with Gasteiger partial charge in [-0.3, -0.25) is 4.79 Å². The first kappa shape index (κ1) is 14.1. The fraction of sp³-hybridized carbons (Fsp3) is 0.636. The monoisotopic (exact) mass is 257 g/mol. The molecule has 1 heterocycles. The topological polar surface area (TPSA) is 77.2 Å². The lowest BCUT2D eigenvalue weighted by Gasteiger charge is -2.14. The number of nitrogens with two attached hydrogens (primary N) is 1. The number of aromatic nitrogens is 1. The van der Waals surface area contributed by atoms with Crippen molar-refractivity contribution in [2.75, 3.05) is 13.7 Å². The summed E-state index contributed by atoms with van der Waals surface area (Å²) in [4.78, 5) is 16.1. The standard InChI is InChI=1S/C11H19N3O2S/c1-4-8(5-16-3)13-10(15)9-6-17-11(14-9)7(2)12/h6-8H,4-5,12H2,1-3H3,(H,13,15). The second kappa shape index (κ2) is 6.68. The van der Waals surface area contributed by atoms with Crippen LogP contribution in [0.2, 0.25) is 0 Å². The van der Waals surface area contributed by atoms with E-state index in [0.29, 0.717) is 12.3 Å². The molecule has 0 aliphatic rings. The van der Waals surface area contributed by atoms with E-state index in [-0.39, 0.29) is 18.0 Å². The van der Waals surface area contributed by atoms with Gasteiger partial charge >= 0.3 is 0 Å². The number of nitrogens with one attached hydrogen (secondary N) is 1. The molecule has 5 nitrogen and oxygen atoms in total. The Morgan fingerprint density at radius 1 is 1.71 bits per heavy atom. The molecule has 1 amide bonds. The van der Waals surface area contributed by atoms with Gasteiger partial charge < -0.3 is 15.8 Å². The van der Waals surface area contributed by atoms with Gasteiger partial charge in [-0.25, -0.2) is 4.98 Å². The molecule has 6 heteroatoms. The Balaban J connectivity index is 2.62. The summed E-state index contributed by atoms with van der Waals surface area (Å²) >= 11 is 1.41. The van der Waals surface area contributed by atoms with E-state index >= 15 is 0 Å². The maximum absolute atomic E-state index is 11.9. The summed E-state index contributed by atoms with van der Waals surface area (Å²) in [6.45, 7) is 4.35. The Hall–Kier alpha value is -0.980. The third kappa shape index (κ3) is 4.07. The van der Waals surface area contributed by atoms with Gasteiger partial charge in [0, 0.05) is 12.5 Å². The maximum atomic E-state index is 11.9. The molecule has 0 aromatic carbocycles. The average molecular weight is 257 g/mol. The van der Waals surface area contributed by atoms with Crippen LogP contribution in [0.3, 0.4) is 0 Å². The zero-order chi connectivity index (χ0) is 12.8. The van der Waals surface area contributed by atoms with Crippen molar-refractivity contribution >= 4 is 17.2 Å². The van der Waals surface area contributed by atoms with Crippen LogP contribution in [-0.4, -0.2) is 30.6 Å². The highest BCUT2D eigenvalue weighted by atomic mass is 32.1. The Labute approximate surface area is 105 Å². The van der Waals surface area contributed by atoms with Crippen LogP contribution in [0.15, 0.2) is 5.38 Å². The Morgan fingerprint density at radius 3 is 2.88 bits per heavy atom. The smallest absolute Gasteiger partial charge is 0.271 e. The molecule has 0 radical (unpaired) electrons. The Kier molecular flexibility index (Phi) is 5.54. The first-order chi connectivity index (χ1) is 8.08. The van der Waals surface area contributed by atoms with Crippen LogP contribution in [0.25, 0.3) is 0 Å². The van der Waals surface area contributed by atoms with Crippen molar-refractivity contribution in [3.63, 3.8) is 0 Å². The van der Waals surface area contributed by atoms with E-state index in [9.17, 15) is 4.79 Å². The van der Waals surface area contributed by atoms with Crippen molar-refractivity contribution in [3.05, 3.63) is 16.1 Å². The second-order valence-electron chi connectivity index (χ2n) is 3.89. The van der Waals surface area contributed by atoms with Gasteiger partial charge in [-0.15, -0.1) is 11.3 Å². The van der Waals surface area contributed by atoms with Crippen LogP contribution in [0.1, 0.15) is 41.8 Å². The lowest BCUT2D eigenvalue weighted by Crippen LogP contribution is -2.37. The van der Waals surface area contributed by atoms with Crippen LogP contribution in [0, 0.1) is 0 Å². The van der Waals surface area contributed by atoms with Crippen LogP contribution in [-0.2, 0) is 4.74 Å². The van der Waals surface area contributed by atoms with E-state index in [0.717, 1.165) is 11.4 Å². The summed E-state index contributed by atoms with van der Waals surface area (Å²) in [5.74, 6) is -0.169. The molecule has 1 rings (SSSR count). The van der Waals surface area contributed by atoms with Gasteiger partial charge in [0.2, 0.25) is 0 Å². The van der Waals surface area contributed by atoms with Crippen molar-refractivity contribution in [2.45, 2.75) is 32.4 Å². The van der Waals surface area contributed by atoms with E-state index in [1.807, 2.05) is 13.8 Å². The van der Waals surface area contributed by atoms with Crippen molar-refractivity contribution in [1.82, 2.24) is 10.3 Å². The minimum Gasteiger partial charge on any atom is -0.383 e. The molecular weight excluding hydrogens is 238 g/mol. The van der Waals surface area contributed by atoms with Crippen molar-refractivity contribution in [3.8, 4) is 0 Å². The number of carbonyl (C=O) groups is 1. The van der Waals surface area contributed by atoms with Crippen LogP contribution in [0.5, 0.6) is 0 Å². The lowest BCUT2D eigenvalue weighted by molar-refractivity contribution is 0.0890. The number of methoxy groups -OCH3 is 1. The zero-order valence-electron chi connectivity index (χ0n) is 10.4. The molecule has 3 N–H and O–H groups in total. The molecular formula is C11H19N3O2S.